The number of sulfonamides is 1. The van der Waals surface area contributed by atoms with Crippen molar-refractivity contribution in [3.63, 3.8) is 0 Å². The summed E-state index contributed by atoms with van der Waals surface area (Å²) in [5.41, 5.74) is 0.385. The average Bonchev–Trinajstić information content (AvgIpc) is 2.78. The minimum atomic E-state index is -3.99. The van der Waals surface area contributed by atoms with Gasteiger partial charge in [-0.15, -0.1) is 0 Å². The van der Waals surface area contributed by atoms with Gasteiger partial charge < -0.3 is 14.5 Å². The number of benzene rings is 2. The van der Waals surface area contributed by atoms with E-state index in [1.165, 1.54) is 29.2 Å². The highest BCUT2D eigenvalue weighted by atomic mass is 35.5. The first-order valence-electron chi connectivity index (χ1n) is 9.85. The number of anilines is 1. The summed E-state index contributed by atoms with van der Waals surface area (Å²) >= 11 is 5.89. The molecular formula is C21H24ClN3O5S. The number of carbonyl (C=O) groups excluding carboxylic acids is 2. The molecule has 0 aliphatic carbocycles. The van der Waals surface area contributed by atoms with Crippen molar-refractivity contribution in [2.24, 2.45) is 0 Å². The monoisotopic (exact) mass is 465 g/mol. The van der Waals surface area contributed by atoms with Crippen LogP contribution in [-0.4, -0.2) is 69.5 Å². The Labute approximate surface area is 187 Å². The smallest absolute Gasteiger partial charge is 0.409 e. The quantitative estimate of drug-likeness (QED) is 0.654. The largest absolute Gasteiger partial charge is 0.450 e. The molecule has 0 aromatic heterocycles. The Balaban J connectivity index is 1.78. The standard InChI is InChI=1S/C21H24ClN3O5S/c1-2-30-21(27)24-14-12-23(13-15-24)20(26)16-25(18-6-4-3-5-7-18)31(28,29)19-10-8-17(22)9-11-19/h3-11H,2,12-16H2,1H3. The van der Waals surface area contributed by atoms with Crippen molar-refractivity contribution >= 4 is 39.3 Å². The lowest BCUT2D eigenvalue weighted by atomic mass is 10.3. The van der Waals surface area contributed by atoms with Gasteiger partial charge in [-0.05, 0) is 43.3 Å². The molecule has 3 rings (SSSR count). The molecule has 2 aromatic carbocycles. The van der Waals surface area contributed by atoms with E-state index in [2.05, 4.69) is 0 Å². The van der Waals surface area contributed by atoms with Gasteiger partial charge in [-0.1, -0.05) is 29.8 Å². The Morgan fingerprint density at radius 3 is 2.13 bits per heavy atom. The Morgan fingerprint density at radius 2 is 1.55 bits per heavy atom. The van der Waals surface area contributed by atoms with E-state index in [0.29, 0.717) is 36.9 Å². The first-order valence-corrected chi connectivity index (χ1v) is 11.7. The minimum absolute atomic E-state index is 0.0423. The van der Waals surface area contributed by atoms with E-state index >= 15 is 0 Å². The second kappa shape index (κ2) is 10.0. The van der Waals surface area contributed by atoms with Crippen molar-refractivity contribution in [2.75, 3.05) is 43.6 Å². The van der Waals surface area contributed by atoms with Crippen molar-refractivity contribution in [2.45, 2.75) is 11.8 Å². The van der Waals surface area contributed by atoms with Gasteiger partial charge >= 0.3 is 6.09 Å². The molecule has 10 heteroatoms. The number of hydrogen-bond donors (Lipinski definition) is 0. The Bertz CT molecular complexity index is 1010. The van der Waals surface area contributed by atoms with Gasteiger partial charge in [-0.3, -0.25) is 9.10 Å². The van der Waals surface area contributed by atoms with Gasteiger partial charge in [0.05, 0.1) is 17.2 Å². The van der Waals surface area contributed by atoms with Crippen LogP contribution in [0.1, 0.15) is 6.92 Å². The number of para-hydroxylation sites is 1. The predicted octanol–water partition coefficient (Wildman–Crippen LogP) is 2.84. The number of halogens is 1. The van der Waals surface area contributed by atoms with Crippen LogP contribution in [0.3, 0.4) is 0 Å². The molecule has 31 heavy (non-hydrogen) atoms. The molecule has 166 valence electrons. The number of amides is 2. The molecule has 1 aliphatic heterocycles. The molecule has 0 radical (unpaired) electrons. The van der Waals surface area contributed by atoms with Crippen LogP contribution in [0.5, 0.6) is 0 Å². The first-order chi connectivity index (χ1) is 14.8. The molecule has 2 amide bonds. The summed E-state index contributed by atoms with van der Waals surface area (Å²) in [4.78, 5) is 28.0. The van der Waals surface area contributed by atoms with Crippen LogP contribution in [0, 0.1) is 0 Å². The van der Waals surface area contributed by atoms with Crippen molar-refractivity contribution in [1.29, 1.82) is 0 Å². The number of rotatable bonds is 6. The van der Waals surface area contributed by atoms with Crippen LogP contribution in [0.4, 0.5) is 10.5 Å². The second-order valence-corrected chi connectivity index (χ2v) is 9.17. The van der Waals surface area contributed by atoms with Gasteiger partial charge in [-0.25, -0.2) is 13.2 Å². The number of carbonyl (C=O) groups is 2. The zero-order valence-electron chi connectivity index (χ0n) is 17.1. The maximum absolute atomic E-state index is 13.3. The summed E-state index contributed by atoms with van der Waals surface area (Å²) in [5, 5.41) is 0.417. The molecule has 0 bridgehead atoms. The van der Waals surface area contributed by atoms with Gasteiger partial charge in [-0.2, -0.15) is 0 Å². The summed E-state index contributed by atoms with van der Waals surface area (Å²) in [6.45, 7) is 2.94. The normalized spacial score (nSPS) is 14.3. The molecule has 0 saturated carbocycles. The average molecular weight is 466 g/mol. The Morgan fingerprint density at radius 1 is 0.968 bits per heavy atom. The van der Waals surface area contributed by atoms with E-state index in [1.807, 2.05) is 0 Å². The minimum Gasteiger partial charge on any atom is -0.450 e. The van der Waals surface area contributed by atoms with Gasteiger partial charge in [0.25, 0.3) is 10.0 Å². The molecule has 2 aromatic rings. The molecule has 0 unspecified atom stereocenters. The van der Waals surface area contributed by atoms with Crippen LogP contribution >= 0.6 is 11.6 Å². The van der Waals surface area contributed by atoms with Crippen LogP contribution < -0.4 is 4.31 Å². The van der Waals surface area contributed by atoms with E-state index in [9.17, 15) is 18.0 Å². The van der Waals surface area contributed by atoms with E-state index in [0.717, 1.165) is 4.31 Å². The highest BCUT2D eigenvalue weighted by Crippen LogP contribution is 2.25. The van der Waals surface area contributed by atoms with Crippen molar-refractivity contribution < 1.29 is 22.7 Å². The zero-order chi connectivity index (χ0) is 22.4. The number of ether oxygens (including phenoxy) is 1. The number of hydrogen-bond acceptors (Lipinski definition) is 5. The SMILES string of the molecule is CCOC(=O)N1CCN(C(=O)CN(c2ccccc2)S(=O)(=O)c2ccc(Cl)cc2)CC1. The summed E-state index contributed by atoms with van der Waals surface area (Å²) in [6, 6.07) is 14.3. The fraction of sp³-hybridized carbons (Fsp3) is 0.333. The second-order valence-electron chi connectivity index (χ2n) is 6.87. The summed E-state index contributed by atoms with van der Waals surface area (Å²) < 4.78 is 32.7. The van der Waals surface area contributed by atoms with E-state index < -0.39 is 16.1 Å². The van der Waals surface area contributed by atoms with Gasteiger partial charge in [0.2, 0.25) is 5.91 Å². The highest BCUT2D eigenvalue weighted by Gasteiger charge is 2.31. The maximum atomic E-state index is 13.3. The van der Waals surface area contributed by atoms with Crippen molar-refractivity contribution in [3.8, 4) is 0 Å². The molecule has 1 heterocycles. The Hall–Kier alpha value is -2.78. The number of nitrogens with zero attached hydrogens (tertiary/aromatic N) is 3. The third kappa shape index (κ3) is 5.48. The van der Waals surface area contributed by atoms with Gasteiger partial charge in [0.1, 0.15) is 6.54 Å². The van der Waals surface area contributed by atoms with E-state index in [1.54, 1.807) is 42.2 Å². The molecule has 1 fully saturated rings. The maximum Gasteiger partial charge on any atom is 0.409 e. The zero-order valence-corrected chi connectivity index (χ0v) is 18.7. The molecule has 0 N–H and O–H groups in total. The third-order valence-electron chi connectivity index (χ3n) is 4.88. The lowest BCUT2D eigenvalue weighted by Crippen LogP contribution is -2.53. The molecule has 0 atom stereocenters. The Kier molecular flexibility index (Phi) is 7.40. The fourth-order valence-corrected chi connectivity index (χ4v) is 4.76. The van der Waals surface area contributed by atoms with Crippen molar-refractivity contribution in [3.05, 3.63) is 59.6 Å². The molecular weight excluding hydrogens is 442 g/mol. The van der Waals surface area contributed by atoms with Crippen LogP contribution in [0.15, 0.2) is 59.5 Å². The lowest BCUT2D eigenvalue weighted by Gasteiger charge is -2.35. The summed E-state index contributed by atoms with van der Waals surface area (Å²) in [6.07, 6.45) is -0.411. The molecule has 8 nitrogen and oxygen atoms in total. The summed E-state index contributed by atoms with van der Waals surface area (Å²) in [5.74, 6) is -0.343. The van der Waals surface area contributed by atoms with Gasteiger partial charge in [0, 0.05) is 31.2 Å². The lowest BCUT2D eigenvalue weighted by molar-refractivity contribution is -0.131. The first kappa shape index (κ1) is 22.9. The highest BCUT2D eigenvalue weighted by molar-refractivity contribution is 7.92. The van der Waals surface area contributed by atoms with Crippen LogP contribution in [-0.2, 0) is 19.6 Å². The molecule has 0 spiro atoms. The number of piperazine rings is 1. The van der Waals surface area contributed by atoms with Crippen LogP contribution in [0.25, 0.3) is 0 Å². The predicted molar refractivity (Wildman–Crippen MR) is 118 cm³/mol. The van der Waals surface area contributed by atoms with Gasteiger partial charge in [0.15, 0.2) is 0 Å². The van der Waals surface area contributed by atoms with Crippen LogP contribution in [0.2, 0.25) is 5.02 Å². The van der Waals surface area contributed by atoms with Crippen molar-refractivity contribution in [1.82, 2.24) is 9.80 Å². The topological polar surface area (TPSA) is 87.2 Å². The molecule has 1 saturated heterocycles. The van der Waals surface area contributed by atoms with E-state index in [4.69, 9.17) is 16.3 Å². The third-order valence-corrected chi connectivity index (χ3v) is 6.92. The van der Waals surface area contributed by atoms with E-state index in [-0.39, 0.29) is 24.0 Å². The molecule has 1 aliphatic rings. The summed E-state index contributed by atoms with van der Waals surface area (Å²) in [7, 11) is -3.99. The fourth-order valence-electron chi connectivity index (χ4n) is 3.22.